The molecule has 0 spiro atoms. The highest BCUT2D eigenvalue weighted by Gasteiger charge is 2.06. The first-order valence-corrected chi connectivity index (χ1v) is 7.58. The second-order valence-corrected chi connectivity index (χ2v) is 6.73. The molecule has 5 heteroatoms. The summed E-state index contributed by atoms with van der Waals surface area (Å²) in [4.78, 5) is 5.77. The van der Waals surface area contributed by atoms with Crippen LogP contribution in [-0.4, -0.2) is 4.98 Å². The van der Waals surface area contributed by atoms with Crippen LogP contribution in [0, 0.1) is 20.8 Å². The number of hydrogen-bond acceptors (Lipinski definition) is 3. The minimum Gasteiger partial charge on any atom is -0.378 e. The molecule has 2 aromatic rings. The van der Waals surface area contributed by atoms with Crippen LogP contribution >= 0.6 is 38.9 Å². The topological polar surface area (TPSA) is 24.9 Å². The number of hydrogen-bond donors (Lipinski definition) is 1. The second-order valence-electron chi connectivity index (χ2n) is 4.18. The molecular formula is C13H14BrClN2S. The van der Waals surface area contributed by atoms with Crippen LogP contribution < -0.4 is 5.32 Å². The number of anilines is 1. The van der Waals surface area contributed by atoms with Gasteiger partial charge in [0.15, 0.2) is 0 Å². The van der Waals surface area contributed by atoms with Gasteiger partial charge < -0.3 is 5.32 Å². The van der Waals surface area contributed by atoms with Crippen molar-refractivity contribution in [2.24, 2.45) is 0 Å². The maximum Gasteiger partial charge on any atom is 0.112 e. The molecule has 0 radical (unpaired) electrons. The Balaban J connectivity index is 2.13. The van der Waals surface area contributed by atoms with Gasteiger partial charge in [0.25, 0.3) is 0 Å². The second kappa shape index (κ2) is 5.59. The Hall–Kier alpha value is -0.580. The molecule has 0 aliphatic carbocycles. The number of thiazole rings is 1. The first kappa shape index (κ1) is 13.8. The lowest BCUT2D eigenvalue weighted by molar-refractivity contribution is 1.07. The van der Waals surface area contributed by atoms with Gasteiger partial charge >= 0.3 is 0 Å². The Kier molecular flexibility index (Phi) is 4.30. The molecule has 0 bridgehead atoms. The van der Waals surface area contributed by atoms with E-state index < -0.39 is 0 Å². The first-order chi connectivity index (χ1) is 8.47. The summed E-state index contributed by atoms with van der Waals surface area (Å²) in [5, 5.41) is 5.22. The van der Waals surface area contributed by atoms with Crippen molar-refractivity contribution in [3.8, 4) is 0 Å². The number of rotatable bonds is 3. The fourth-order valence-electron chi connectivity index (χ4n) is 1.57. The van der Waals surface area contributed by atoms with E-state index in [1.165, 1.54) is 4.88 Å². The maximum atomic E-state index is 6.12. The molecule has 0 saturated heterocycles. The van der Waals surface area contributed by atoms with Crippen LogP contribution in [0.15, 0.2) is 16.6 Å². The summed E-state index contributed by atoms with van der Waals surface area (Å²) in [5.41, 5.74) is 3.17. The Labute approximate surface area is 125 Å². The smallest absolute Gasteiger partial charge is 0.112 e. The first-order valence-electron chi connectivity index (χ1n) is 5.60. The van der Waals surface area contributed by atoms with Crippen LogP contribution in [-0.2, 0) is 6.54 Å². The summed E-state index contributed by atoms with van der Waals surface area (Å²) in [6, 6.07) is 3.96. The van der Waals surface area contributed by atoms with E-state index >= 15 is 0 Å². The number of aryl methyl sites for hydroxylation is 3. The van der Waals surface area contributed by atoms with Gasteiger partial charge in [-0.1, -0.05) is 11.6 Å². The van der Waals surface area contributed by atoms with E-state index in [4.69, 9.17) is 11.6 Å². The van der Waals surface area contributed by atoms with Crippen molar-refractivity contribution < 1.29 is 0 Å². The summed E-state index contributed by atoms with van der Waals surface area (Å²) >= 11 is 11.4. The Morgan fingerprint density at radius 1 is 1.33 bits per heavy atom. The number of nitrogens with zero attached hydrogens (tertiary/aromatic N) is 1. The Morgan fingerprint density at radius 2 is 2.06 bits per heavy atom. The molecule has 1 heterocycles. The van der Waals surface area contributed by atoms with Gasteiger partial charge in [-0.2, -0.15) is 0 Å². The van der Waals surface area contributed by atoms with Crippen LogP contribution in [0.5, 0.6) is 0 Å². The predicted molar refractivity (Wildman–Crippen MR) is 82.8 cm³/mol. The quantitative estimate of drug-likeness (QED) is 0.837. The number of aromatic nitrogens is 1. The van der Waals surface area contributed by atoms with Crippen LogP contribution in [0.2, 0.25) is 5.02 Å². The van der Waals surface area contributed by atoms with Gasteiger partial charge in [-0.25, -0.2) is 4.98 Å². The number of halogens is 2. The lowest BCUT2D eigenvalue weighted by atomic mass is 10.2. The van der Waals surface area contributed by atoms with E-state index in [9.17, 15) is 0 Å². The molecule has 0 unspecified atom stereocenters. The predicted octanol–water partition coefficient (Wildman–Crippen LogP) is 5.10. The Bertz CT molecular complexity index is 561. The summed E-state index contributed by atoms with van der Waals surface area (Å²) < 4.78 is 1.02. The number of benzene rings is 1. The van der Waals surface area contributed by atoms with Crippen LogP contribution in [0.4, 0.5) is 5.69 Å². The van der Waals surface area contributed by atoms with Crippen molar-refractivity contribution in [2.75, 3.05) is 5.32 Å². The van der Waals surface area contributed by atoms with Crippen molar-refractivity contribution in [1.29, 1.82) is 0 Å². The van der Waals surface area contributed by atoms with Gasteiger partial charge in [0, 0.05) is 14.4 Å². The van der Waals surface area contributed by atoms with E-state index in [2.05, 4.69) is 33.2 Å². The van der Waals surface area contributed by atoms with E-state index in [0.29, 0.717) is 0 Å². The minimum atomic E-state index is 0.720. The summed E-state index contributed by atoms with van der Waals surface area (Å²) in [6.45, 7) is 6.84. The molecule has 96 valence electrons. The SMILES string of the molecule is Cc1cc(Br)c(NCc2nc(C)c(C)s2)cc1Cl. The van der Waals surface area contributed by atoms with Crippen molar-refractivity contribution in [3.05, 3.63) is 42.8 Å². The van der Waals surface area contributed by atoms with Gasteiger partial charge in [0.1, 0.15) is 5.01 Å². The average molecular weight is 346 g/mol. The van der Waals surface area contributed by atoms with Gasteiger partial charge in [-0.15, -0.1) is 11.3 Å². The van der Waals surface area contributed by atoms with Gasteiger partial charge in [-0.05, 0) is 54.4 Å². The van der Waals surface area contributed by atoms with E-state index in [0.717, 1.165) is 38.0 Å². The molecule has 0 atom stereocenters. The highest BCUT2D eigenvalue weighted by Crippen LogP contribution is 2.29. The minimum absolute atomic E-state index is 0.720. The molecule has 0 aliphatic rings. The standard InChI is InChI=1S/C13H14BrClN2S/c1-7-4-10(14)12(5-11(7)15)16-6-13-17-8(2)9(3)18-13/h4-5,16H,6H2,1-3H3. The van der Waals surface area contributed by atoms with E-state index in [-0.39, 0.29) is 0 Å². The molecule has 0 amide bonds. The zero-order valence-corrected chi connectivity index (χ0v) is 13.6. The van der Waals surface area contributed by atoms with Crippen LogP contribution in [0.25, 0.3) is 0 Å². The van der Waals surface area contributed by atoms with Crippen molar-refractivity contribution in [2.45, 2.75) is 27.3 Å². The van der Waals surface area contributed by atoms with Crippen molar-refractivity contribution >= 4 is 44.6 Å². The summed E-state index contributed by atoms with van der Waals surface area (Å²) in [5.74, 6) is 0. The third-order valence-electron chi connectivity index (χ3n) is 2.75. The van der Waals surface area contributed by atoms with Gasteiger partial charge in [0.05, 0.1) is 17.9 Å². The maximum absolute atomic E-state index is 6.12. The zero-order valence-electron chi connectivity index (χ0n) is 10.5. The van der Waals surface area contributed by atoms with Gasteiger partial charge in [-0.3, -0.25) is 0 Å². The molecule has 1 aromatic heterocycles. The molecule has 0 saturated carbocycles. The van der Waals surface area contributed by atoms with Crippen LogP contribution in [0.1, 0.15) is 21.1 Å². The van der Waals surface area contributed by atoms with E-state index in [1.54, 1.807) is 11.3 Å². The highest BCUT2D eigenvalue weighted by atomic mass is 79.9. The third-order valence-corrected chi connectivity index (χ3v) is 4.89. The summed E-state index contributed by atoms with van der Waals surface area (Å²) in [7, 11) is 0. The van der Waals surface area contributed by atoms with Crippen LogP contribution in [0.3, 0.4) is 0 Å². The molecule has 1 aromatic carbocycles. The summed E-state index contributed by atoms with van der Waals surface area (Å²) in [6.07, 6.45) is 0. The molecular weight excluding hydrogens is 332 g/mol. The van der Waals surface area contributed by atoms with Crippen molar-refractivity contribution in [3.63, 3.8) is 0 Å². The number of nitrogens with one attached hydrogen (secondary N) is 1. The Morgan fingerprint density at radius 3 is 2.67 bits per heavy atom. The van der Waals surface area contributed by atoms with Gasteiger partial charge in [0.2, 0.25) is 0 Å². The molecule has 1 N–H and O–H groups in total. The molecule has 0 fully saturated rings. The fourth-order valence-corrected chi connectivity index (χ4v) is 3.20. The molecule has 2 nitrogen and oxygen atoms in total. The molecule has 2 rings (SSSR count). The molecule has 0 aliphatic heterocycles. The average Bonchev–Trinajstić information content (AvgIpc) is 2.62. The fraction of sp³-hybridized carbons (Fsp3) is 0.308. The molecule has 18 heavy (non-hydrogen) atoms. The largest absolute Gasteiger partial charge is 0.378 e. The van der Waals surface area contributed by atoms with Crippen molar-refractivity contribution in [1.82, 2.24) is 4.98 Å². The lowest BCUT2D eigenvalue weighted by Gasteiger charge is -2.09. The lowest BCUT2D eigenvalue weighted by Crippen LogP contribution is -2.00. The van der Waals surface area contributed by atoms with E-state index in [1.807, 2.05) is 26.0 Å². The third kappa shape index (κ3) is 3.05. The zero-order chi connectivity index (χ0) is 13.3. The monoisotopic (exact) mass is 344 g/mol. The highest BCUT2D eigenvalue weighted by molar-refractivity contribution is 9.10. The normalized spacial score (nSPS) is 10.7.